The number of rotatable bonds is 3. The normalized spacial score (nSPS) is 10.5. The standard InChI is InChI=1S/C11H12N2O2/c1-8-4-2-3-5-9(8)11-12-10(6-7-14)13-15-11/h2-5,14H,6-7H2,1H3. The highest BCUT2D eigenvalue weighted by Gasteiger charge is 2.09. The summed E-state index contributed by atoms with van der Waals surface area (Å²) >= 11 is 0. The van der Waals surface area contributed by atoms with Gasteiger partial charge in [0.05, 0.1) is 6.61 Å². The minimum absolute atomic E-state index is 0.0345. The van der Waals surface area contributed by atoms with E-state index in [1.807, 2.05) is 31.2 Å². The third kappa shape index (κ3) is 2.05. The molecule has 1 aromatic carbocycles. The summed E-state index contributed by atoms with van der Waals surface area (Å²) in [6.07, 6.45) is 0.426. The fourth-order valence-corrected chi connectivity index (χ4v) is 1.38. The zero-order chi connectivity index (χ0) is 10.7. The number of aliphatic hydroxyl groups is 1. The Kier molecular flexibility index (Phi) is 2.78. The first-order valence-corrected chi connectivity index (χ1v) is 4.80. The van der Waals surface area contributed by atoms with E-state index in [0.29, 0.717) is 18.1 Å². The minimum atomic E-state index is 0.0345. The molecule has 0 aliphatic carbocycles. The second-order valence-corrected chi connectivity index (χ2v) is 3.30. The topological polar surface area (TPSA) is 59.2 Å². The first-order chi connectivity index (χ1) is 7.31. The third-order valence-electron chi connectivity index (χ3n) is 2.18. The Morgan fingerprint density at radius 3 is 2.87 bits per heavy atom. The molecule has 0 aliphatic rings. The van der Waals surface area contributed by atoms with Crippen LogP contribution in [0.25, 0.3) is 11.5 Å². The van der Waals surface area contributed by atoms with Gasteiger partial charge in [0.1, 0.15) is 0 Å². The quantitative estimate of drug-likeness (QED) is 0.824. The van der Waals surface area contributed by atoms with Crippen molar-refractivity contribution in [3.8, 4) is 11.5 Å². The van der Waals surface area contributed by atoms with Gasteiger partial charge in [-0.1, -0.05) is 23.4 Å². The molecule has 15 heavy (non-hydrogen) atoms. The maximum Gasteiger partial charge on any atom is 0.258 e. The van der Waals surface area contributed by atoms with Gasteiger partial charge in [0.2, 0.25) is 0 Å². The van der Waals surface area contributed by atoms with Crippen LogP contribution in [0.2, 0.25) is 0 Å². The molecule has 1 N–H and O–H groups in total. The highest BCUT2D eigenvalue weighted by Crippen LogP contribution is 2.20. The number of hydrogen-bond acceptors (Lipinski definition) is 4. The molecule has 2 aromatic rings. The Hall–Kier alpha value is -1.68. The average Bonchev–Trinajstić information content (AvgIpc) is 2.68. The summed E-state index contributed by atoms with van der Waals surface area (Å²) in [5.41, 5.74) is 2.03. The van der Waals surface area contributed by atoms with Crippen molar-refractivity contribution in [2.24, 2.45) is 0 Å². The van der Waals surface area contributed by atoms with Crippen molar-refractivity contribution in [2.75, 3.05) is 6.61 Å². The molecule has 0 aliphatic heterocycles. The fraction of sp³-hybridized carbons (Fsp3) is 0.273. The van der Waals surface area contributed by atoms with Gasteiger partial charge in [-0.2, -0.15) is 4.98 Å². The van der Waals surface area contributed by atoms with Gasteiger partial charge in [0, 0.05) is 12.0 Å². The first-order valence-electron chi connectivity index (χ1n) is 4.80. The summed E-state index contributed by atoms with van der Waals surface area (Å²) in [4.78, 5) is 4.19. The van der Waals surface area contributed by atoms with Gasteiger partial charge in [-0.05, 0) is 18.6 Å². The molecule has 0 bridgehead atoms. The molecule has 0 radical (unpaired) electrons. The summed E-state index contributed by atoms with van der Waals surface area (Å²) in [5, 5.41) is 12.5. The largest absolute Gasteiger partial charge is 0.396 e. The smallest absolute Gasteiger partial charge is 0.258 e. The van der Waals surface area contributed by atoms with Crippen molar-refractivity contribution in [3.05, 3.63) is 35.7 Å². The van der Waals surface area contributed by atoms with E-state index in [2.05, 4.69) is 10.1 Å². The van der Waals surface area contributed by atoms with Gasteiger partial charge in [0.25, 0.3) is 5.89 Å². The van der Waals surface area contributed by atoms with E-state index in [1.54, 1.807) is 0 Å². The van der Waals surface area contributed by atoms with Crippen molar-refractivity contribution >= 4 is 0 Å². The van der Waals surface area contributed by atoms with E-state index in [-0.39, 0.29) is 6.61 Å². The van der Waals surface area contributed by atoms with Gasteiger partial charge < -0.3 is 9.63 Å². The number of aromatic nitrogens is 2. The molecule has 0 atom stereocenters. The molecule has 4 heteroatoms. The maximum absolute atomic E-state index is 8.73. The monoisotopic (exact) mass is 204 g/mol. The van der Waals surface area contributed by atoms with Crippen LogP contribution in [0.5, 0.6) is 0 Å². The van der Waals surface area contributed by atoms with Crippen LogP contribution in [0, 0.1) is 6.92 Å². The molecule has 0 spiro atoms. The van der Waals surface area contributed by atoms with E-state index >= 15 is 0 Å². The number of hydrogen-bond donors (Lipinski definition) is 1. The molecule has 1 aromatic heterocycles. The van der Waals surface area contributed by atoms with Gasteiger partial charge >= 0.3 is 0 Å². The number of aryl methyl sites for hydroxylation is 1. The van der Waals surface area contributed by atoms with Crippen LogP contribution in [-0.4, -0.2) is 21.9 Å². The molecule has 4 nitrogen and oxygen atoms in total. The first kappa shape index (κ1) is 9.86. The molecular weight excluding hydrogens is 192 g/mol. The molecule has 0 fully saturated rings. The lowest BCUT2D eigenvalue weighted by molar-refractivity contribution is 0.293. The van der Waals surface area contributed by atoms with Gasteiger partial charge in [0.15, 0.2) is 5.82 Å². The summed E-state index contributed by atoms with van der Waals surface area (Å²) in [7, 11) is 0. The summed E-state index contributed by atoms with van der Waals surface area (Å²) in [5.74, 6) is 1.05. The lowest BCUT2D eigenvalue weighted by atomic mass is 10.1. The molecule has 0 saturated carbocycles. The summed E-state index contributed by atoms with van der Waals surface area (Å²) in [6, 6.07) is 7.82. The van der Waals surface area contributed by atoms with Crippen LogP contribution in [0.3, 0.4) is 0 Å². The van der Waals surface area contributed by atoms with Crippen molar-refractivity contribution in [2.45, 2.75) is 13.3 Å². The van der Waals surface area contributed by atoms with Crippen molar-refractivity contribution in [1.82, 2.24) is 10.1 Å². The lowest BCUT2D eigenvalue weighted by Crippen LogP contribution is -1.92. The van der Waals surface area contributed by atoms with E-state index in [4.69, 9.17) is 9.63 Å². The average molecular weight is 204 g/mol. The molecule has 0 amide bonds. The molecule has 0 unspecified atom stereocenters. The predicted octanol–water partition coefficient (Wildman–Crippen LogP) is 1.58. The van der Waals surface area contributed by atoms with Crippen LogP contribution in [0.1, 0.15) is 11.4 Å². The SMILES string of the molecule is Cc1ccccc1-c1nc(CCO)no1. The molecule has 78 valence electrons. The highest BCUT2D eigenvalue weighted by atomic mass is 16.5. The van der Waals surface area contributed by atoms with Crippen LogP contribution in [-0.2, 0) is 6.42 Å². The van der Waals surface area contributed by atoms with Crippen molar-refractivity contribution in [1.29, 1.82) is 0 Å². The predicted molar refractivity (Wildman–Crippen MR) is 55.3 cm³/mol. The van der Waals surface area contributed by atoms with E-state index in [1.165, 1.54) is 0 Å². The summed E-state index contributed by atoms with van der Waals surface area (Å²) in [6.45, 7) is 2.03. The number of aliphatic hydroxyl groups excluding tert-OH is 1. The molecule has 0 saturated heterocycles. The Morgan fingerprint density at radius 1 is 1.33 bits per heavy atom. The Morgan fingerprint density at radius 2 is 2.13 bits per heavy atom. The molecular formula is C11H12N2O2. The summed E-state index contributed by atoms with van der Waals surface area (Å²) < 4.78 is 5.11. The fourth-order valence-electron chi connectivity index (χ4n) is 1.38. The van der Waals surface area contributed by atoms with E-state index in [0.717, 1.165) is 11.1 Å². The van der Waals surface area contributed by atoms with Gasteiger partial charge in [-0.3, -0.25) is 0 Å². The Balaban J connectivity index is 2.33. The van der Waals surface area contributed by atoms with Crippen LogP contribution in [0.4, 0.5) is 0 Å². The van der Waals surface area contributed by atoms with Gasteiger partial charge in [-0.15, -0.1) is 0 Å². The number of benzene rings is 1. The lowest BCUT2D eigenvalue weighted by Gasteiger charge is -1.97. The number of nitrogens with zero attached hydrogens (tertiary/aromatic N) is 2. The molecule has 1 heterocycles. The zero-order valence-corrected chi connectivity index (χ0v) is 8.47. The van der Waals surface area contributed by atoms with Crippen LogP contribution < -0.4 is 0 Å². The second-order valence-electron chi connectivity index (χ2n) is 3.30. The minimum Gasteiger partial charge on any atom is -0.396 e. The Bertz CT molecular complexity index is 451. The van der Waals surface area contributed by atoms with Crippen LogP contribution >= 0.6 is 0 Å². The van der Waals surface area contributed by atoms with Gasteiger partial charge in [-0.25, -0.2) is 0 Å². The van der Waals surface area contributed by atoms with E-state index < -0.39 is 0 Å². The van der Waals surface area contributed by atoms with Crippen molar-refractivity contribution < 1.29 is 9.63 Å². The highest BCUT2D eigenvalue weighted by molar-refractivity contribution is 5.57. The third-order valence-corrected chi connectivity index (χ3v) is 2.18. The Labute approximate surface area is 87.6 Å². The van der Waals surface area contributed by atoms with Crippen molar-refractivity contribution in [3.63, 3.8) is 0 Å². The molecule has 2 rings (SSSR count). The zero-order valence-electron chi connectivity index (χ0n) is 8.47. The van der Waals surface area contributed by atoms with Crippen LogP contribution in [0.15, 0.2) is 28.8 Å². The second kappa shape index (κ2) is 4.23. The maximum atomic E-state index is 8.73. The van der Waals surface area contributed by atoms with E-state index in [9.17, 15) is 0 Å².